The Morgan fingerprint density at radius 2 is 1.98 bits per heavy atom. The molecule has 0 unspecified atom stereocenters. The van der Waals surface area contributed by atoms with Gasteiger partial charge in [0.2, 0.25) is 17.8 Å². The zero-order chi connectivity index (χ0) is 28.2. The molecule has 0 saturated heterocycles. The number of rotatable bonds is 10. The van der Waals surface area contributed by atoms with Gasteiger partial charge in [0.1, 0.15) is 23.6 Å². The van der Waals surface area contributed by atoms with E-state index in [4.69, 9.17) is 10.5 Å². The first-order valence-electron chi connectivity index (χ1n) is 13.2. The highest BCUT2D eigenvalue weighted by molar-refractivity contribution is 6.04. The van der Waals surface area contributed by atoms with Crippen LogP contribution in [0, 0.1) is 6.92 Å². The Morgan fingerprint density at radius 1 is 1.18 bits per heavy atom. The van der Waals surface area contributed by atoms with E-state index in [2.05, 4.69) is 20.7 Å². The highest BCUT2D eigenvalue weighted by atomic mass is 16.5. The van der Waals surface area contributed by atoms with Crippen molar-refractivity contribution in [1.82, 2.24) is 24.6 Å². The van der Waals surface area contributed by atoms with Gasteiger partial charge in [-0.1, -0.05) is 30.3 Å². The molecule has 5 rings (SSSR count). The van der Waals surface area contributed by atoms with E-state index in [0.717, 1.165) is 11.3 Å². The number of imidazole rings is 1. The SMILES string of the molecule is CCn1nc(C)cc1C(=O)Nc1nc2cc(C(N)=O)cc3c2n1[C@@H](CCCNC(=O)C=Cc1ccccc1)CO3. The molecule has 4 aromatic rings. The summed E-state index contributed by atoms with van der Waals surface area (Å²) in [5, 5.41) is 10.2. The number of benzene rings is 2. The first kappa shape index (κ1) is 26.7. The first-order valence-corrected chi connectivity index (χ1v) is 13.2. The molecule has 11 nitrogen and oxygen atoms in total. The van der Waals surface area contributed by atoms with Crippen molar-refractivity contribution in [3.63, 3.8) is 0 Å². The van der Waals surface area contributed by atoms with Gasteiger partial charge in [-0.15, -0.1) is 0 Å². The highest BCUT2D eigenvalue weighted by Crippen LogP contribution is 2.38. The quantitative estimate of drug-likeness (QED) is 0.207. The predicted molar refractivity (Wildman–Crippen MR) is 151 cm³/mol. The molecule has 0 saturated carbocycles. The Balaban J connectivity index is 1.34. The van der Waals surface area contributed by atoms with Crippen LogP contribution in [0.1, 0.15) is 57.9 Å². The van der Waals surface area contributed by atoms with E-state index in [1.807, 2.05) is 48.7 Å². The highest BCUT2D eigenvalue weighted by Gasteiger charge is 2.29. The summed E-state index contributed by atoms with van der Waals surface area (Å²) in [6.07, 6.45) is 4.61. The number of carbonyl (C=O) groups is 3. The summed E-state index contributed by atoms with van der Waals surface area (Å²) in [6, 6.07) is 14.4. The Kier molecular flexibility index (Phi) is 7.63. The van der Waals surface area contributed by atoms with Gasteiger partial charge in [0, 0.05) is 24.7 Å². The molecular formula is C29H31N7O4. The van der Waals surface area contributed by atoms with Crippen molar-refractivity contribution in [2.75, 3.05) is 18.5 Å². The summed E-state index contributed by atoms with van der Waals surface area (Å²) in [5.41, 5.74) is 9.07. The number of hydrogen-bond acceptors (Lipinski definition) is 6. The van der Waals surface area contributed by atoms with Gasteiger partial charge >= 0.3 is 0 Å². The smallest absolute Gasteiger partial charge is 0.276 e. The van der Waals surface area contributed by atoms with Gasteiger partial charge in [-0.3, -0.25) is 24.4 Å². The van der Waals surface area contributed by atoms with Crippen LogP contribution in [0.15, 0.2) is 54.6 Å². The fourth-order valence-corrected chi connectivity index (χ4v) is 4.84. The minimum Gasteiger partial charge on any atom is -0.489 e. The Bertz CT molecular complexity index is 1600. The van der Waals surface area contributed by atoms with Crippen LogP contribution in [0.25, 0.3) is 17.1 Å². The monoisotopic (exact) mass is 541 g/mol. The molecule has 0 fully saturated rings. The van der Waals surface area contributed by atoms with E-state index in [9.17, 15) is 14.4 Å². The largest absolute Gasteiger partial charge is 0.489 e. The van der Waals surface area contributed by atoms with E-state index in [-0.39, 0.29) is 23.4 Å². The molecule has 3 amide bonds. The summed E-state index contributed by atoms with van der Waals surface area (Å²) in [7, 11) is 0. The zero-order valence-corrected chi connectivity index (χ0v) is 22.4. The van der Waals surface area contributed by atoms with Crippen molar-refractivity contribution < 1.29 is 19.1 Å². The van der Waals surface area contributed by atoms with E-state index in [0.29, 0.717) is 61.0 Å². The normalized spacial score (nSPS) is 14.3. The van der Waals surface area contributed by atoms with Gasteiger partial charge < -0.3 is 20.4 Å². The van der Waals surface area contributed by atoms with E-state index in [1.165, 1.54) is 6.08 Å². The van der Waals surface area contributed by atoms with Gasteiger partial charge in [0.05, 0.1) is 17.3 Å². The maximum Gasteiger partial charge on any atom is 0.276 e. The third-order valence-corrected chi connectivity index (χ3v) is 6.73. The second-order valence-electron chi connectivity index (χ2n) is 9.59. The standard InChI is InChI=1S/C29H31N7O4/c1-3-35-23(14-18(2)34-35)28(39)33-29-32-22-15-20(27(30)38)16-24-26(22)36(29)21(17-40-24)10-7-13-31-25(37)12-11-19-8-5-4-6-9-19/h4-6,8-9,11-12,14-16,21H,3,7,10,13,17H2,1-2H3,(H2,30,38)(H,31,37)(H,32,33,39)/t21-/m0/s1. The Labute approximate surface area is 231 Å². The summed E-state index contributed by atoms with van der Waals surface area (Å²) in [6.45, 7) is 5.06. The molecule has 3 heterocycles. The molecular weight excluding hydrogens is 510 g/mol. The lowest BCUT2D eigenvalue weighted by Gasteiger charge is -2.27. The summed E-state index contributed by atoms with van der Waals surface area (Å²) in [5.74, 6) is -0.289. The molecule has 0 aliphatic carbocycles. The van der Waals surface area contributed by atoms with Gasteiger partial charge in [-0.2, -0.15) is 5.10 Å². The van der Waals surface area contributed by atoms with Gasteiger partial charge in [-0.05, 0) is 56.5 Å². The van der Waals surface area contributed by atoms with Gasteiger partial charge in [0.15, 0.2) is 0 Å². The molecule has 0 spiro atoms. The number of nitrogens with two attached hydrogens (primary N) is 1. The van der Waals surface area contributed by atoms with Crippen molar-refractivity contribution >= 4 is 40.8 Å². The number of nitrogens with zero attached hydrogens (tertiary/aromatic N) is 4. The number of aromatic nitrogens is 4. The zero-order valence-electron chi connectivity index (χ0n) is 22.4. The van der Waals surface area contributed by atoms with Crippen LogP contribution in [0.4, 0.5) is 5.95 Å². The summed E-state index contributed by atoms with van der Waals surface area (Å²) in [4.78, 5) is 42.1. The molecule has 4 N–H and O–H groups in total. The predicted octanol–water partition coefficient (Wildman–Crippen LogP) is 3.46. The van der Waals surface area contributed by atoms with Crippen LogP contribution in [-0.4, -0.2) is 50.2 Å². The fraction of sp³-hybridized carbons (Fsp3) is 0.276. The average molecular weight is 542 g/mol. The third-order valence-electron chi connectivity index (χ3n) is 6.73. The molecule has 1 aliphatic heterocycles. The third kappa shape index (κ3) is 5.58. The molecule has 1 aliphatic rings. The van der Waals surface area contributed by atoms with Crippen LogP contribution in [0.5, 0.6) is 5.75 Å². The van der Waals surface area contributed by atoms with Crippen LogP contribution >= 0.6 is 0 Å². The second-order valence-corrected chi connectivity index (χ2v) is 9.59. The summed E-state index contributed by atoms with van der Waals surface area (Å²) < 4.78 is 9.59. The number of primary amides is 1. The number of nitrogens with one attached hydrogen (secondary N) is 2. The van der Waals surface area contributed by atoms with Crippen LogP contribution in [0.3, 0.4) is 0 Å². The van der Waals surface area contributed by atoms with Crippen molar-refractivity contribution in [2.24, 2.45) is 5.73 Å². The molecule has 1 atom stereocenters. The number of hydrogen-bond donors (Lipinski definition) is 3. The molecule has 11 heteroatoms. The van der Waals surface area contributed by atoms with Crippen LogP contribution in [0.2, 0.25) is 0 Å². The molecule has 0 radical (unpaired) electrons. The van der Waals surface area contributed by atoms with Gasteiger partial charge in [0.25, 0.3) is 5.91 Å². The summed E-state index contributed by atoms with van der Waals surface area (Å²) >= 11 is 0. The lowest BCUT2D eigenvalue weighted by atomic mass is 10.1. The minimum atomic E-state index is -0.594. The maximum absolute atomic E-state index is 13.3. The van der Waals surface area contributed by atoms with E-state index >= 15 is 0 Å². The van der Waals surface area contributed by atoms with E-state index < -0.39 is 5.91 Å². The van der Waals surface area contributed by atoms with Crippen molar-refractivity contribution in [3.8, 4) is 5.75 Å². The van der Waals surface area contributed by atoms with Crippen molar-refractivity contribution in [2.45, 2.75) is 39.3 Å². The van der Waals surface area contributed by atoms with Gasteiger partial charge in [-0.25, -0.2) is 4.98 Å². The van der Waals surface area contributed by atoms with E-state index in [1.54, 1.807) is 29.0 Å². The Morgan fingerprint density at radius 3 is 2.73 bits per heavy atom. The molecule has 2 aromatic carbocycles. The number of aryl methyl sites for hydroxylation is 2. The number of carbonyl (C=O) groups excluding carboxylic acids is 3. The molecule has 40 heavy (non-hydrogen) atoms. The first-order chi connectivity index (χ1) is 19.3. The maximum atomic E-state index is 13.3. The van der Waals surface area contributed by atoms with Crippen molar-refractivity contribution in [1.29, 1.82) is 0 Å². The van der Waals surface area contributed by atoms with Crippen LogP contribution in [-0.2, 0) is 11.3 Å². The lowest BCUT2D eigenvalue weighted by Crippen LogP contribution is -2.28. The number of amides is 3. The topological polar surface area (TPSA) is 146 Å². The molecule has 2 aromatic heterocycles. The van der Waals surface area contributed by atoms with Crippen molar-refractivity contribution in [3.05, 3.63) is 77.1 Å². The number of anilines is 1. The minimum absolute atomic E-state index is 0.165. The average Bonchev–Trinajstić information content (AvgIpc) is 3.52. The Hall–Kier alpha value is -4.93. The van der Waals surface area contributed by atoms with Crippen LogP contribution < -0.4 is 21.1 Å². The second kappa shape index (κ2) is 11.4. The molecule has 206 valence electrons. The lowest BCUT2D eigenvalue weighted by molar-refractivity contribution is -0.116. The molecule has 0 bridgehead atoms. The fourth-order valence-electron chi connectivity index (χ4n) is 4.84. The number of ether oxygens (including phenoxy) is 1.